The smallest absolute Gasteiger partial charge is 0.262 e. The number of hydrogen-bond donors (Lipinski definition) is 1. The first-order chi connectivity index (χ1) is 13.7. The number of hydrogen-bond acceptors (Lipinski definition) is 4. The fourth-order valence-electron chi connectivity index (χ4n) is 2.73. The minimum Gasteiger partial charge on any atom is -0.483 e. The second kappa shape index (κ2) is 9.55. The second-order valence-electron chi connectivity index (χ2n) is 6.49. The molecule has 0 saturated carbocycles. The van der Waals surface area contributed by atoms with E-state index in [0.717, 1.165) is 17.7 Å². The van der Waals surface area contributed by atoms with E-state index in [-0.39, 0.29) is 12.5 Å². The molecule has 0 aliphatic rings. The SMILES string of the molecule is CCC(C)c1ccccc1OCC(=O)Nc1ccc(Oc2ccncc2)cc1. The summed E-state index contributed by atoms with van der Waals surface area (Å²) in [5.41, 5.74) is 1.81. The van der Waals surface area contributed by atoms with E-state index in [4.69, 9.17) is 9.47 Å². The molecule has 1 amide bonds. The summed E-state index contributed by atoms with van der Waals surface area (Å²) in [6, 6.07) is 18.6. The highest BCUT2D eigenvalue weighted by Crippen LogP contribution is 2.28. The quantitative estimate of drug-likeness (QED) is 0.571. The van der Waals surface area contributed by atoms with Crippen molar-refractivity contribution in [3.05, 3.63) is 78.6 Å². The van der Waals surface area contributed by atoms with Crippen LogP contribution in [0, 0.1) is 0 Å². The highest BCUT2D eigenvalue weighted by Gasteiger charge is 2.11. The monoisotopic (exact) mass is 376 g/mol. The molecule has 1 heterocycles. The summed E-state index contributed by atoms with van der Waals surface area (Å²) in [7, 11) is 0. The summed E-state index contributed by atoms with van der Waals surface area (Å²) in [5.74, 6) is 2.32. The number of benzene rings is 2. The predicted octanol–water partition coefficient (Wildman–Crippen LogP) is 5.40. The van der Waals surface area contributed by atoms with Crippen LogP contribution in [0.1, 0.15) is 31.7 Å². The highest BCUT2D eigenvalue weighted by atomic mass is 16.5. The van der Waals surface area contributed by atoms with Gasteiger partial charge < -0.3 is 14.8 Å². The predicted molar refractivity (Wildman–Crippen MR) is 110 cm³/mol. The Kier molecular flexibility index (Phi) is 6.63. The van der Waals surface area contributed by atoms with Crippen molar-refractivity contribution >= 4 is 11.6 Å². The Morgan fingerprint density at radius 3 is 2.39 bits per heavy atom. The Morgan fingerprint density at radius 2 is 1.68 bits per heavy atom. The molecule has 28 heavy (non-hydrogen) atoms. The molecule has 3 rings (SSSR count). The van der Waals surface area contributed by atoms with Crippen LogP contribution in [0.3, 0.4) is 0 Å². The first-order valence-electron chi connectivity index (χ1n) is 9.35. The minimum atomic E-state index is -0.207. The molecule has 5 heteroatoms. The molecule has 0 fully saturated rings. The number of aromatic nitrogens is 1. The molecule has 5 nitrogen and oxygen atoms in total. The molecule has 1 N–H and O–H groups in total. The van der Waals surface area contributed by atoms with Gasteiger partial charge in [-0.3, -0.25) is 9.78 Å². The van der Waals surface area contributed by atoms with Crippen LogP contribution >= 0.6 is 0 Å². The fourth-order valence-corrected chi connectivity index (χ4v) is 2.73. The van der Waals surface area contributed by atoms with Crippen LogP contribution in [0.4, 0.5) is 5.69 Å². The van der Waals surface area contributed by atoms with Crippen LogP contribution in [-0.2, 0) is 4.79 Å². The van der Waals surface area contributed by atoms with Gasteiger partial charge in [-0.05, 0) is 60.4 Å². The van der Waals surface area contributed by atoms with Crippen LogP contribution in [-0.4, -0.2) is 17.5 Å². The zero-order valence-electron chi connectivity index (χ0n) is 16.1. The van der Waals surface area contributed by atoms with E-state index in [9.17, 15) is 4.79 Å². The lowest BCUT2D eigenvalue weighted by Crippen LogP contribution is -2.20. The second-order valence-corrected chi connectivity index (χ2v) is 6.49. The van der Waals surface area contributed by atoms with Gasteiger partial charge in [0.15, 0.2) is 6.61 Å². The van der Waals surface area contributed by atoms with E-state index in [1.807, 2.05) is 24.3 Å². The van der Waals surface area contributed by atoms with Crippen LogP contribution < -0.4 is 14.8 Å². The van der Waals surface area contributed by atoms with E-state index in [1.165, 1.54) is 0 Å². The number of carbonyl (C=O) groups is 1. The highest BCUT2D eigenvalue weighted by molar-refractivity contribution is 5.91. The number of para-hydroxylation sites is 1. The third-order valence-corrected chi connectivity index (χ3v) is 4.44. The van der Waals surface area contributed by atoms with Crippen molar-refractivity contribution in [3.63, 3.8) is 0 Å². The van der Waals surface area contributed by atoms with Crippen LogP contribution in [0.2, 0.25) is 0 Å². The summed E-state index contributed by atoms with van der Waals surface area (Å²) in [4.78, 5) is 16.2. The van der Waals surface area contributed by atoms with Crippen LogP contribution in [0.15, 0.2) is 73.1 Å². The average Bonchev–Trinajstić information content (AvgIpc) is 2.74. The van der Waals surface area contributed by atoms with E-state index in [1.54, 1.807) is 48.8 Å². The summed E-state index contributed by atoms with van der Waals surface area (Å²) >= 11 is 0. The summed E-state index contributed by atoms with van der Waals surface area (Å²) in [6.07, 6.45) is 4.35. The van der Waals surface area contributed by atoms with Gasteiger partial charge in [0.25, 0.3) is 5.91 Å². The van der Waals surface area contributed by atoms with Gasteiger partial charge in [0.2, 0.25) is 0 Å². The first kappa shape index (κ1) is 19.4. The minimum absolute atomic E-state index is 0.0390. The number of carbonyl (C=O) groups excluding carboxylic acids is 1. The molecule has 0 radical (unpaired) electrons. The number of ether oxygens (including phenoxy) is 2. The van der Waals surface area contributed by atoms with Gasteiger partial charge in [0.1, 0.15) is 17.2 Å². The maximum Gasteiger partial charge on any atom is 0.262 e. The molecule has 3 aromatic rings. The van der Waals surface area contributed by atoms with Crippen LogP contribution in [0.5, 0.6) is 17.2 Å². The molecule has 0 bridgehead atoms. The van der Waals surface area contributed by atoms with Gasteiger partial charge in [-0.1, -0.05) is 32.0 Å². The number of nitrogens with one attached hydrogen (secondary N) is 1. The van der Waals surface area contributed by atoms with Crippen molar-refractivity contribution in [2.45, 2.75) is 26.2 Å². The third-order valence-electron chi connectivity index (χ3n) is 4.44. The van der Waals surface area contributed by atoms with Gasteiger partial charge in [-0.2, -0.15) is 0 Å². The molecule has 0 spiro atoms. The van der Waals surface area contributed by atoms with Crippen LogP contribution in [0.25, 0.3) is 0 Å². The third kappa shape index (κ3) is 5.33. The van der Waals surface area contributed by atoms with Gasteiger partial charge in [0.05, 0.1) is 0 Å². The van der Waals surface area contributed by atoms with Gasteiger partial charge in [0, 0.05) is 18.1 Å². The number of amides is 1. The Labute approximate surface area is 165 Å². The molecule has 0 aliphatic carbocycles. The van der Waals surface area contributed by atoms with Crippen molar-refractivity contribution < 1.29 is 14.3 Å². The van der Waals surface area contributed by atoms with Crippen molar-refractivity contribution in [2.24, 2.45) is 0 Å². The molecule has 0 aliphatic heterocycles. The molecular formula is C23H24N2O3. The molecule has 0 saturated heterocycles. The van der Waals surface area contributed by atoms with Crippen molar-refractivity contribution in [1.82, 2.24) is 4.98 Å². The van der Waals surface area contributed by atoms with E-state index in [2.05, 4.69) is 24.1 Å². The molecule has 2 aromatic carbocycles. The van der Waals surface area contributed by atoms with E-state index in [0.29, 0.717) is 23.1 Å². The average molecular weight is 376 g/mol. The summed E-state index contributed by atoms with van der Waals surface area (Å²) < 4.78 is 11.5. The lowest BCUT2D eigenvalue weighted by molar-refractivity contribution is -0.118. The van der Waals surface area contributed by atoms with Crippen molar-refractivity contribution in [3.8, 4) is 17.2 Å². The van der Waals surface area contributed by atoms with Crippen molar-refractivity contribution in [1.29, 1.82) is 0 Å². The van der Waals surface area contributed by atoms with Gasteiger partial charge in [-0.15, -0.1) is 0 Å². The number of anilines is 1. The first-order valence-corrected chi connectivity index (χ1v) is 9.35. The summed E-state index contributed by atoms with van der Waals surface area (Å²) in [6.45, 7) is 4.25. The molecular weight excluding hydrogens is 352 g/mol. The standard InChI is InChI=1S/C23H24N2O3/c1-3-17(2)21-6-4-5-7-22(21)27-16-23(26)25-18-8-10-19(11-9-18)28-20-12-14-24-15-13-20/h4-15,17H,3,16H2,1-2H3,(H,25,26). The largest absolute Gasteiger partial charge is 0.483 e. The van der Waals surface area contributed by atoms with Crippen molar-refractivity contribution in [2.75, 3.05) is 11.9 Å². The van der Waals surface area contributed by atoms with E-state index < -0.39 is 0 Å². The lowest BCUT2D eigenvalue weighted by Gasteiger charge is -2.15. The topological polar surface area (TPSA) is 60.5 Å². The number of rotatable bonds is 8. The normalized spacial score (nSPS) is 11.5. The summed E-state index contributed by atoms with van der Waals surface area (Å²) in [5, 5.41) is 2.84. The number of pyridine rings is 1. The number of nitrogens with zero attached hydrogens (tertiary/aromatic N) is 1. The maximum absolute atomic E-state index is 12.2. The lowest BCUT2D eigenvalue weighted by atomic mass is 9.98. The Bertz CT molecular complexity index is 895. The molecule has 144 valence electrons. The molecule has 1 atom stereocenters. The zero-order chi connectivity index (χ0) is 19.8. The fraction of sp³-hybridized carbons (Fsp3) is 0.217. The maximum atomic E-state index is 12.2. The molecule has 1 aromatic heterocycles. The Hall–Kier alpha value is -3.34. The molecule has 1 unspecified atom stereocenters. The van der Waals surface area contributed by atoms with Gasteiger partial charge in [-0.25, -0.2) is 0 Å². The zero-order valence-corrected chi connectivity index (χ0v) is 16.1. The Morgan fingerprint density at radius 1 is 1.00 bits per heavy atom. The van der Waals surface area contributed by atoms with Gasteiger partial charge >= 0.3 is 0 Å². The van der Waals surface area contributed by atoms with E-state index >= 15 is 0 Å². The Balaban J connectivity index is 1.54.